The zero-order valence-corrected chi connectivity index (χ0v) is 10.2. The third-order valence-corrected chi connectivity index (χ3v) is 3.40. The van der Waals surface area contributed by atoms with E-state index in [0.717, 1.165) is 17.0 Å². The lowest BCUT2D eigenvalue weighted by Crippen LogP contribution is -2.38. The molecule has 15 heavy (non-hydrogen) atoms. The molecule has 0 spiro atoms. The first kappa shape index (κ1) is 11.2. The molecule has 0 aromatic carbocycles. The number of aliphatic hydroxyl groups is 1. The van der Waals surface area contributed by atoms with E-state index in [2.05, 4.69) is 21.2 Å². The van der Waals surface area contributed by atoms with E-state index in [-0.39, 0.29) is 12.5 Å². The third kappa shape index (κ3) is 2.83. The fourth-order valence-corrected chi connectivity index (χ4v) is 2.04. The second-order valence-corrected chi connectivity index (χ2v) is 4.84. The molecule has 0 saturated heterocycles. The molecule has 1 saturated carbocycles. The van der Waals surface area contributed by atoms with Gasteiger partial charge in [0.25, 0.3) is 0 Å². The van der Waals surface area contributed by atoms with Crippen molar-refractivity contribution in [1.82, 2.24) is 5.32 Å². The molecule has 0 radical (unpaired) electrons. The molecular formula is C11H16BrNO2. The van der Waals surface area contributed by atoms with Crippen LogP contribution in [-0.2, 0) is 0 Å². The Morgan fingerprint density at radius 1 is 1.53 bits per heavy atom. The first-order valence-corrected chi connectivity index (χ1v) is 6.18. The van der Waals surface area contributed by atoms with Gasteiger partial charge in [0.15, 0.2) is 4.67 Å². The lowest BCUT2D eigenvalue weighted by Gasteiger charge is -2.28. The highest BCUT2D eigenvalue weighted by molar-refractivity contribution is 9.10. The molecule has 0 bridgehead atoms. The summed E-state index contributed by atoms with van der Waals surface area (Å²) in [5.41, 5.74) is 0. The predicted molar refractivity (Wildman–Crippen MR) is 61.9 cm³/mol. The number of hydrogen-bond acceptors (Lipinski definition) is 3. The molecule has 2 rings (SSSR count). The molecule has 0 amide bonds. The van der Waals surface area contributed by atoms with Crippen molar-refractivity contribution in [3.63, 3.8) is 0 Å². The highest BCUT2D eigenvalue weighted by Gasteiger charge is 2.20. The van der Waals surface area contributed by atoms with Crippen LogP contribution < -0.4 is 5.32 Å². The highest BCUT2D eigenvalue weighted by atomic mass is 79.9. The van der Waals surface area contributed by atoms with Crippen LogP contribution >= 0.6 is 15.9 Å². The zero-order valence-electron chi connectivity index (χ0n) is 8.58. The Labute approximate surface area is 98.0 Å². The maximum Gasteiger partial charge on any atom is 0.169 e. The largest absolute Gasteiger partial charge is 0.454 e. The Bertz CT molecular complexity index is 309. The normalized spacial score (nSPS) is 18.8. The number of rotatable bonds is 5. The maximum absolute atomic E-state index is 9.28. The minimum atomic E-state index is 0.0666. The average molecular weight is 274 g/mol. The summed E-state index contributed by atoms with van der Waals surface area (Å²) < 4.78 is 6.16. The van der Waals surface area contributed by atoms with Crippen molar-refractivity contribution in [3.8, 4) is 0 Å². The Morgan fingerprint density at radius 2 is 2.33 bits per heavy atom. The monoisotopic (exact) mass is 273 g/mol. The van der Waals surface area contributed by atoms with Crippen molar-refractivity contribution < 1.29 is 9.52 Å². The van der Waals surface area contributed by atoms with Gasteiger partial charge in [-0.05, 0) is 40.9 Å². The molecule has 3 nitrogen and oxygen atoms in total. The Morgan fingerprint density at radius 3 is 2.80 bits per heavy atom. The fraction of sp³-hybridized carbons (Fsp3) is 0.636. The minimum absolute atomic E-state index is 0.0666. The Kier molecular flexibility index (Phi) is 3.83. The van der Waals surface area contributed by atoms with Crippen LogP contribution in [0.2, 0.25) is 0 Å². The van der Waals surface area contributed by atoms with Crippen molar-refractivity contribution in [2.24, 2.45) is 0 Å². The van der Waals surface area contributed by atoms with Crippen LogP contribution in [-0.4, -0.2) is 24.3 Å². The van der Waals surface area contributed by atoms with Crippen molar-refractivity contribution in [2.45, 2.75) is 31.2 Å². The molecule has 1 aromatic heterocycles. The van der Waals surface area contributed by atoms with Gasteiger partial charge in [-0.1, -0.05) is 6.42 Å². The van der Waals surface area contributed by atoms with Crippen LogP contribution in [0.3, 0.4) is 0 Å². The first-order chi connectivity index (χ1) is 7.29. The summed E-state index contributed by atoms with van der Waals surface area (Å²) in [6.45, 7) is 0.917. The van der Waals surface area contributed by atoms with Crippen LogP contribution in [0, 0.1) is 0 Å². The summed E-state index contributed by atoms with van der Waals surface area (Å²) >= 11 is 3.27. The number of halogens is 1. The molecule has 1 aliphatic carbocycles. The van der Waals surface area contributed by atoms with E-state index in [1.54, 1.807) is 0 Å². The lowest BCUT2D eigenvalue weighted by atomic mass is 9.92. The van der Waals surface area contributed by atoms with Gasteiger partial charge in [-0.2, -0.15) is 0 Å². The number of furan rings is 1. The summed E-state index contributed by atoms with van der Waals surface area (Å²) in [6, 6.07) is 4.42. The smallest absolute Gasteiger partial charge is 0.169 e. The van der Waals surface area contributed by atoms with Gasteiger partial charge < -0.3 is 14.8 Å². The van der Waals surface area contributed by atoms with Crippen molar-refractivity contribution >= 4 is 15.9 Å². The Hall–Kier alpha value is -0.320. The van der Waals surface area contributed by atoms with Gasteiger partial charge >= 0.3 is 0 Å². The van der Waals surface area contributed by atoms with Gasteiger partial charge in [0.1, 0.15) is 5.76 Å². The number of hydrogen-bond donors (Lipinski definition) is 2. The van der Waals surface area contributed by atoms with Gasteiger partial charge in [0, 0.05) is 12.6 Å². The third-order valence-electron chi connectivity index (χ3n) is 2.97. The van der Waals surface area contributed by atoms with Gasteiger partial charge in [0.05, 0.1) is 12.5 Å². The number of nitrogens with one attached hydrogen (secondary N) is 1. The quantitative estimate of drug-likeness (QED) is 0.865. The minimum Gasteiger partial charge on any atom is -0.454 e. The number of aliphatic hydroxyl groups excluding tert-OH is 1. The molecule has 1 heterocycles. The standard InChI is InChI=1S/C11H16BrNO2/c12-11-5-4-10(15-11)8(7-14)6-13-9-2-1-3-9/h4-5,8-9,13-14H,1-3,6-7H2. The summed E-state index contributed by atoms with van der Waals surface area (Å²) in [5, 5.41) is 12.7. The van der Waals surface area contributed by atoms with Gasteiger partial charge in [-0.3, -0.25) is 0 Å². The molecule has 4 heteroatoms. The molecule has 2 N–H and O–H groups in total. The summed E-state index contributed by atoms with van der Waals surface area (Å²) in [5.74, 6) is 0.910. The van der Waals surface area contributed by atoms with E-state index in [0.29, 0.717) is 6.04 Å². The molecule has 0 aliphatic heterocycles. The molecule has 84 valence electrons. The maximum atomic E-state index is 9.28. The molecule has 1 aliphatic rings. The SMILES string of the molecule is OCC(CNC1CCC1)c1ccc(Br)o1. The van der Waals surface area contributed by atoms with Crippen molar-refractivity contribution in [1.29, 1.82) is 0 Å². The summed E-state index contributed by atoms with van der Waals surface area (Å²) in [7, 11) is 0. The molecule has 1 aromatic rings. The van der Waals surface area contributed by atoms with E-state index in [1.165, 1.54) is 19.3 Å². The fourth-order valence-electron chi connectivity index (χ4n) is 1.72. The van der Waals surface area contributed by atoms with E-state index in [4.69, 9.17) is 4.42 Å². The second kappa shape index (κ2) is 5.14. The van der Waals surface area contributed by atoms with Gasteiger partial charge in [-0.25, -0.2) is 0 Å². The van der Waals surface area contributed by atoms with E-state index in [1.807, 2.05) is 12.1 Å². The first-order valence-electron chi connectivity index (χ1n) is 5.39. The van der Waals surface area contributed by atoms with E-state index in [9.17, 15) is 5.11 Å². The van der Waals surface area contributed by atoms with Crippen molar-refractivity contribution in [3.05, 3.63) is 22.6 Å². The molecular weight excluding hydrogens is 258 g/mol. The topological polar surface area (TPSA) is 45.4 Å². The van der Waals surface area contributed by atoms with Crippen molar-refractivity contribution in [2.75, 3.05) is 13.2 Å². The Balaban J connectivity index is 1.85. The van der Waals surface area contributed by atoms with E-state index < -0.39 is 0 Å². The van der Waals surface area contributed by atoms with Gasteiger partial charge in [0.2, 0.25) is 0 Å². The van der Waals surface area contributed by atoms with Crippen LogP contribution in [0.4, 0.5) is 0 Å². The molecule has 1 fully saturated rings. The summed E-state index contributed by atoms with van der Waals surface area (Å²) in [6.07, 6.45) is 3.85. The van der Waals surface area contributed by atoms with Crippen LogP contribution in [0.15, 0.2) is 21.2 Å². The predicted octanol–water partition coefficient (Wildman–Crippen LogP) is 2.26. The van der Waals surface area contributed by atoms with Crippen LogP contribution in [0.1, 0.15) is 30.9 Å². The molecule has 1 atom stereocenters. The molecule has 1 unspecified atom stereocenters. The lowest BCUT2D eigenvalue weighted by molar-refractivity contribution is 0.231. The highest BCUT2D eigenvalue weighted by Crippen LogP contribution is 2.23. The van der Waals surface area contributed by atoms with Crippen LogP contribution in [0.5, 0.6) is 0 Å². The van der Waals surface area contributed by atoms with Crippen LogP contribution in [0.25, 0.3) is 0 Å². The van der Waals surface area contributed by atoms with Gasteiger partial charge in [-0.15, -0.1) is 0 Å². The van der Waals surface area contributed by atoms with E-state index >= 15 is 0 Å². The summed E-state index contributed by atoms with van der Waals surface area (Å²) in [4.78, 5) is 0. The second-order valence-electron chi connectivity index (χ2n) is 4.06. The zero-order chi connectivity index (χ0) is 10.7. The average Bonchev–Trinajstić information content (AvgIpc) is 2.56.